The van der Waals surface area contributed by atoms with E-state index in [1.807, 2.05) is 0 Å². The Morgan fingerprint density at radius 3 is 2.50 bits per heavy atom. The van der Waals surface area contributed by atoms with Gasteiger partial charge in [-0.2, -0.15) is 0 Å². The van der Waals surface area contributed by atoms with Gasteiger partial charge in [-0.05, 0) is 25.7 Å². The second-order valence-electron chi connectivity index (χ2n) is 8.47. The van der Waals surface area contributed by atoms with Gasteiger partial charge in [0.05, 0.1) is 12.2 Å². The Kier molecular flexibility index (Phi) is 4.18. The van der Waals surface area contributed by atoms with Gasteiger partial charge in [-0.15, -0.1) is 0 Å². The summed E-state index contributed by atoms with van der Waals surface area (Å²) in [5.74, 6) is -3.02. The van der Waals surface area contributed by atoms with Gasteiger partial charge in [-0.3, -0.25) is 0 Å². The molecular formula is C19H30O7. The Morgan fingerprint density at radius 2 is 1.73 bits per heavy atom. The third-order valence-electron chi connectivity index (χ3n) is 6.88. The van der Waals surface area contributed by atoms with Crippen LogP contribution >= 0.6 is 0 Å². The van der Waals surface area contributed by atoms with Crippen molar-refractivity contribution >= 4 is 0 Å². The molecule has 0 spiro atoms. The molecule has 6 bridgehead atoms. The van der Waals surface area contributed by atoms with Gasteiger partial charge in [0, 0.05) is 6.42 Å². The molecule has 6 heterocycles. The van der Waals surface area contributed by atoms with Crippen LogP contribution in [0.25, 0.3) is 0 Å². The van der Waals surface area contributed by atoms with Crippen molar-refractivity contribution in [3.05, 3.63) is 0 Å². The first-order valence-corrected chi connectivity index (χ1v) is 10.3. The summed E-state index contributed by atoms with van der Waals surface area (Å²) in [5.41, 5.74) is 0. The minimum absolute atomic E-state index is 0.0808. The minimum Gasteiger partial charge on any atom is -0.382 e. The highest BCUT2D eigenvalue weighted by molar-refractivity contribution is 5.18. The summed E-state index contributed by atoms with van der Waals surface area (Å²) in [6.07, 6.45) is 2.82. The lowest BCUT2D eigenvalue weighted by Crippen LogP contribution is -2.62. The van der Waals surface area contributed by atoms with Crippen molar-refractivity contribution in [1.82, 2.24) is 0 Å². The molecule has 148 valence electrons. The number of rotatable bonds is 5. The second-order valence-corrected chi connectivity index (χ2v) is 8.47. The van der Waals surface area contributed by atoms with Crippen LogP contribution in [0.3, 0.4) is 0 Å². The van der Waals surface area contributed by atoms with E-state index in [1.54, 1.807) is 0 Å². The molecule has 6 aliphatic rings. The molecule has 6 fully saturated rings. The van der Waals surface area contributed by atoms with E-state index in [4.69, 9.17) is 23.7 Å². The number of ether oxygens (including phenoxy) is 5. The Bertz CT molecular complexity index is 558. The van der Waals surface area contributed by atoms with Crippen molar-refractivity contribution in [2.75, 3.05) is 0 Å². The molecule has 0 amide bonds. The average molecular weight is 370 g/mol. The first kappa shape index (κ1) is 17.8. The molecule has 26 heavy (non-hydrogen) atoms. The van der Waals surface area contributed by atoms with Crippen LogP contribution in [0, 0.1) is 0 Å². The highest BCUT2D eigenvalue weighted by Crippen LogP contribution is 2.57. The van der Waals surface area contributed by atoms with Crippen molar-refractivity contribution in [3.63, 3.8) is 0 Å². The fourth-order valence-corrected chi connectivity index (χ4v) is 5.48. The van der Waals surface area contributed by atoms with Crippen LogP contribution in [0.4, 0.5) is 0 Å². The molecular weight excluding hydrogens is 340 g/mol. The summed E-state index contributed by atoms with van der Waals surface area (Å²) >= 11 is 0. The molecule has 1 unspecified atom stereocenters. The van der Waals surface area contributed by atoms with E-state index in [9.17, 15) is 10.2 Å². The fraction of sp³-hybridized carbons (Fsp3) is 1.00. The number of fused-ring (bicyclic) bond motifs is 1. The number of aliphatic hydroxyl groups is 2. The first-order valence-electron chi connectivity index (χ1n) is 10.3. The molecule has 6 aliphatic heterocycles. The standard InChI is InChI=1S/C19H30O7/c1-3-5-6-9-18-17(20)19(21)16(26-18)15-14(25-19)13(24-18)12-11(23-15)8-7-10(4-2)22-12/h10-17,20-21H,3-9H2,1-2H3/t10-,11-,12-,13-,14-,15+,16?,17-,18+,19+/m0/s1. The lowest BCUT2D eigenvalue weighted by Gasteiger charge is -2.47. The van der Waals surface area contributed by atoms with Crippen LogP contribution in [0.15, 0.2) is 0 Å². The second kappa shape index (κ2) is 6.11. The maximum Gasteiger partial charge on any atom is 0.227 e. The summed E-state index contributed by atoms with van der Waals surface area (Å²) in [7, 11) is 0. The Balaban J connectivity index is 1.49. The molecule has 0 aromatic rings. The largest absolute Gasteiger partial charge is 0.382 e. The lowest BCUT2D eigenvalue weighted by atomic mass is 9.86. The van der Waals surface area contributed by atoms with Gasteiger partial charge >= 0.3 is 0 Å². The Morgan fingerprint density at radius 1 is 0.923 bits per heavy atom. The molecule has 6 rings (SSSR count). The first-order chi connectivity index (χ1) is 12.5. The maximum atomic E-state index is 11.1. The molecule has 7 heteroatoms. The van der Waals surface area contributed by atoms with Crippen molar-refractivity contribution < 1.29 is 33.9 Å². The van der Waals surface area contributed by atoms with Crippen LogP contribution in [-0.2, 0) is 23.7 Å². The molecule has 2 N–H and O–H groups in total. The highest BCUT2D eigenvalue weighted by Gasteiger charge is 2.78. The lowest BCUT2D eigenvalue weighted by molar-refractivity contribution is -0.305. The SMILES string of the molecule is CCCCC[C@]12OC3[C@@H]4O[C@H]5CC[C@H](CC)O[C@@H]5[C@H](O1)[C@@H]4O[C@@]3(O)[C@H]2O. The van der Waals surface area contributed by atoms with Gasteiger partial charge in [0.25, 0.3) is 0 Å². The zero-order chi connectivity index (χ0) is 18.1. The van der Waals surface area contributed by atoms with E-state index in [0.717, 1.165) is 38.5 Å². The van der Waals surface area contributed by atoms with Gasteiger partial charge < -0.3 is 33.9 Å². The van der Waals surface area contributed by atoms with E-state index in [1.165, 1.54) is 0 Å². The normalized spacial score (nSPS) is 57.2. The smallest absolute Gasteiger partial charge is 0.227 e. The van der Waals surface area contributed by atoms with Gasteiger partial charge in [0.2, 0.25) is 11.6 Å². The van der Waals surface area contributed by atoms with Crippen LogP contribution in [0.1, 0.15) is 58.8 Å². The van der Waals surface area contributed by atoms with E-state index in [2.05, 4.69) is 13.8 Å². The monoisotopic (exact) mass is 370 g/mol. The Labute approximate surface area is 153 Å². The van der Waals surface area contributed by atoms with Crippen molar-refractivity contribution in [2.24, 2.45) is 0 Å². The molecule has 7 nitrogen and oxygen atoms in total. The molecule has 0 radical (unpaired) electrons. The molecule has 6 saturated heterocycles. The zero-order valence-electron chi connectivity index (χ0n) is 15.5. The summed E-state index contributed by atoms with van der Waals surface area (Å²) in [5, 5.41) is 22.0. The topological polar surface area (TPSA) is 86.6 Å². The van der Waals surface area contributed by atoms with Crippen molar-refractivity contribution in [2.45, 2.75) is 119 Å². The van der Waals surface area contributed by atoms with Crippen LogP contribution in [-0.4, -0.2) is 70.6 Å². The van der Waals surface area contributed by atoms with Gasteiger partial charge in [0.1, 0.15) is 30.5 Å². The van der Waals surface area contributed by atoms with E-state index >= 15 is 0 Å². The third-order valence-corrected chi connectivity index (χ3v) is 6.88. The number of unbranched alkanes of at least 4 members (excludes halogenated alkanes) is 2. The van der Waals surface area contributed by atoms with Crippen LogP contribution < -0.4 is 0 Å². The summed E-state index contributed by atoms with van der Waals surface area (Å²) in [4.78, 5) is 0. The van der Waals surface area contributed by atoms with Crippen molar-refractivity contribution in [3.8, 4) is 0 Å². The predicted molar refractivity (Wildman–Crippen MR) is 89.3 cm³/mol. The fourth-order valence-electron chi connectivity index (χ4n) is 5.48. The van der Waals surface area contributed by atoms with E-state index < -0.39 is 42.1 Å². The highest BCUT2D eigenvalue weighted by atomic mass is 16.8. The van der Waals surface area contributed by atoms with Gasteiger partial charge in [0.15, 0.2) is 6.10 Å². The third kappa shape index (κ3) is 2.25. The molecule has 10 atom stereocenters. The van der Waals surface area contributed by atoms with Crippen LogP contribution in [0.2, 0.25) is 0 Å². The maximum absolute atomic E-state index is 11.1. The molecule has 0 saturated carbocycles. The number of hydrogen-bond acceptors (Lipinski definition) is 7. The number of aliphatic hydroxyl groups excluding tert-OH is 1. The summed E-state index contributed by atoms with van der Waals surface area (Å²) in [6, 6.07) is 0. The molecule has 0 aromatic heterocycles. The van der Waals surface area contributed by atoms with Gasteiger partial charge in [-0.1, -0.05) is 26.7 Å². The Hall–Kier alpha value is -0.280. The average Bonchev–Trinajstić information content (AvgIpc) is 2.95. The summed E-state index contributed by atoms with van der Waals surface area (Å²) in [6.45, 7) is 4.24. The zero-order valence-corrected chi connectivity index (χ0v) is 15.5. The summed E-state index contributed by atoms with van der Waals surface area (Å²) < 4.78 is 31.1. The minimum atomic E-state index is -1.77. The quantitative estimate of drug-likeness (QED) is 0.704. The molecule has 0 aliphatic carbocycles. The predicted octanol–water partition coefficient (Wildman–Crippen LogP) is 1.23. The number of hydrogen-bond donors (Lipinski definition) is 2. The molecule has 0 aromatic carbocycles. The van der Waals surface area contributed by atoms with Crippen molar-refractivity contribution in [1.29, 1.82) is 0 Å². The van der Waals surface area contributed by atoms with E-state index in [-0.39, 0.29) is 18.3 Å². The van der Waals surface area contributed by atoms with Gasteiger partial charge in [-0.25, -0.2) is 0 Å². The van der Waals surface area contributed by atoms with E-state index in [0.29, 0.717) is 6.42 Å². The van der Waals surface area contributed by atoms with Crippen LogP contribution in [0.5, 0.6) is 0 Å².